The molecule has 6 nitrogen and oxygen atoms in total. The van der Waals surface area contributed by atoms with Crippen molar-refractivity contribution in [2.45, 2.75) is 12.3 Å². The molecule has 0 fully saturated rings. The largest absolute Gasteiger partial charge is 0.497 e. The number of rotatable bonds is 4. The van der Waals surface area contributed by atoms with Gasteiger partial charge in [0.05, 0.1) is 25.6 Å². The summed E-state index contributed by atoms with van der Waals surface area (Å²) < 4.78 is 40.0. The number of nitrogens with zero attached hydrogens (tertiary/aromatic N) is 2. The fraction of sp³-hybridized carbons (Fsp3) is 0.200. The van der Waals surface area contributed by atoms with E-state index in [2.05, 4.69) is 10.3 Å². The number of amides is 1. The molecule has 4 rings (SSSR count). The molecule has 1 atom stereocenters. The molecular formula is C20H17F2N3O3. The van der Waals surface area contributed by atoms with Gasteiger partial charge in [-0.3, -0.25) is 9.36 Å². The highest BCUT2D eigenvalue weighted by Crippen LogP contribution is 2.42. The molecule has 1 N–H and O–H groups in total. The van der Waals surface area contributed by atoms with Gasteiger partial charge in [-0.05, 0) is 30.3 Å². The SMILES string of the molecule is COc1ccc(OC)c(C2CC(=O)Nc3c2ncn3-c2cc(F)ccc2F)c1. The summed E-state index contributed by atoms with van der Waals surface area (Å²) in [6.45, 7) is 0. The summed E-state index contributed by atoms with van der Waals surface area (Å²) in [5, 5.41) is 2.72. The third-order valence-electron chi connectivity index (χ3n) is 4.75. The van der Waals surface area contributed by atoms with Crippen LogP contribution in [0.15, 0.2) is 42.7 Å². The highest BCUT2D eigenvalue weighted by molar-refractivity contribution is 5.94. The molecule has 0 saturated carbocycles. The Morgan fingerprint density at radius 2 is 1.96 bits per heavy atom. The van der Waals surface area contributed by atoms with E-state index >= 15 is 0 Å². The topological polar surface area (TPSA) is 65.4 Å². The number of anilines is 1. The van der Waals surface area contributed by atoms with Crippen LogP contribution in [0.1, 0.15) is 23.6 Å². The number of fused-ring (bicyclic) bond motifs is 1. The van der Waals surface area contributed by atoms with Gasteiger partial charge in [-0.25, -0.2) is 13.8 Å². The van der Waals surface area contributed by atoms with Gasteiger partial charge in [0.15, 0.2) is 0 Å². The average molecular weight is 385 g/mol. The molecule has 28 heavy (non-hydrogen) atoms. The molecule has 0 spiro atoms. The van der Waals surface area contributed by atoms with Crippen LogP contribution < -0.4 is 14.8 Å². The summed E-state index contributed by atoms with van der Waals surface area (Å²) in [5.74, 6) is -0.413. The van der Waals surface area contributed by atoms with Gasteiger partial charge < -0.3 is 14.8 Å². The quantitative estimate of drug-likeness (QED) is 0.745. The van der Waals surface area contributed by atoms with Gasteiger partial charge in [-0.1, -0.05) is 0 Å². The predicted molar refractivity (Wildman–Crippen MR) is 98.1 cm³/mol. The number of hydrogen-bond donors (Lipinski definition) is 1. The first kappa shape index (κ1) is 18.0. The Kier molecular flexibility index (Phi) is 4.46. The molecule has 2 heterocycles. The van der Waals surface area contributed by atoms with Gasteiger partial charge in [-0.2, -0.15) is 0 Å². The van der Waals surface area contributed by atoms with E-state index in [9.17, 15) is 13.6 Å². The van der Waals surface area contributed by atoms with Crippen LogP contribution >= 0.6 is 0 Å². The number of hydrogen-bond acceptors (Lipinski definition) is 4. The number of ether oxygens (including phenoxy) is 2. The van der Waals surface area contributed by atoms with E-state index in [1.165, 1.54) is 18.0 Å². The Morgan fingerprint density at radius 1 is 1.14 bits per heavy atom. The van der Waals surface area contributed by atoms with E-state index in [0.717, 1.165) is 23.8 Å². The number of methoxy groups -OCH3 is 2. The Morgan fingerprint density at radius 3 is 2.71 bits per heavy atom. The van der Waals surface area contributed by atoms with E-state index in [4.69, 9.17) is 9.47 Å². The van der Waals surface area contributed by atoms with Crippen LogP contribution in [0.2, 0.25) is 0 Å². The molecule has 1 aliphatic rings. The highest BCUT2D eigenvalue weighted by atomic mass is 19.1. The molecule has 1 unspecified atom stereocenters. The number of benzene rings is 2. The first-order chi connectivity index (χ1) is 13.5. The van der Waals surface area contributed by atoms with Gasteiger partial charge in [0.2, 0.25) is 5.91 Å². The molecule has 1 amide bonds. The average Bonchev–Trinajstić information content (AvgIpc) is 3.12. The van der Waals surface area contributed by atoms with Crippen molar-refractivity contribution in [1.82, 2.24) is 9.55 Å². The van der Waals surface area contributed by atoms with Crippen LogP contribution in [-0.2, 0) is 4.79 Å². The molecule has 8 heteroatoms. The van der Waals surface area contributed by atoms with Crippen LogP contribution in [0.5, 0.6) is 11.5 Å². The zero-order valence-corrected chi connectivity index (χ0v) is 15.2. The highest BCUT2D eigenvalue weighted by Gasteiger charge is 2.33. The van der Waals surface area contributed by atoms with Gasteiger partial charge in [0.1, 0.15) is 35.3 Å². The van der Waals surface area contributed by atoms with Gasteiger partial charge in [0, 0.05) is 24.0 Å². The van der Waals surface area contributed by atoms with Crippen LogP contribution in [0.3, 0.4) is 0 Å². The van der Waals surface area contributed by atoms with Crippen molar-refractivity contribution >= 4 is 11.7 Å². The van der Waals surface area contributed by atoms with Gasteiger partial charge in [0.25, 0.3) is 0 Å². The van der Waals surface area contributed by atoms with Crippen molar-refractivity contribution in [2.24, 2.45) is 0 Å². The molecule has 0 aliphatic carbocycles. The lowest BCUT2D eigenvalue weighted by molar-refractivity contribution is -0.116. The lowest BCUT2D eigenvalue weighted by Gasteiger charge is -2.25. The molecule has 0 bridgehead atoms. The molecule has 0 radical (unpaired) electrons. The third kappa shape index (κ3) is 2.96. The minimum Gasteiger partial charge on any atom is -0.497 e. The van der Waals surface area contributed by atoms with E-state index in [-0.39, 0.29) is 18.0 Å². The molecule has 2 aromatic carbocycles. The fourth-order valence-corrected chi connectivity index (χ4v) is 3.43. The molecule has 144 valence electrons. The standard InChI is InChI=1S/C20H17F2N3O3/c1-27-12-4-6-17(28-2)13(8-12)14-9-18(26)24-20-19(14)23-10-25(20)16-7-11(21)3-5-15(16)22/h3-8,10,14H,9H2,1-2H3,(H,24,26). The summed E-state index contributed by atoms with van der Waals surface area (Å²) in [5.41, 5.74) is 1.23. The second kappa shape index (κ2) is 6.95. The Labute approximate surface area is 159 Å². The molecule has 1 aromatic heterocycles. The van der Waals surface area contributed by atoms with Gasteiger partial charge >= 0.3 is 0 Å². The van der Waals surface area contributed by atoms with Crippen LogP contribution in [0.4, 0.5) is 14.6 Å². The first-order valence-electron chi connectivity index (χ1n) is 8.56. The summed E-state index contributed by atoms with van der Waals surface area (Å²) in [6.07, 6.45) is 1.51. The smallest absolute Gasteiger partial charge is 0.226 e. The second-order valence-electron chi connectivity index (χ2n) is 6.36. The molecule has 3 aromatic rings. The predicted octanol–water partition coefficient (Wildman–Crippen LogP) is 3.64. The first-order valence-corrected chi connectivity index (χ1v) is 8.56. The van der Waals surface area contributed by atoms with Crippen molar-refractivity contribution in [2.75, 3.05) is 19.5 Å². The number of carbonyl (C=O) groups is 1. The zero-order valence-electron chi connectivity index (χ0n) is 15.2. The summed E-state index contributed by atoms with van der Waals surface area (Å²) >= 11 is 0. The monoisotopic (exact) mass is 385 g/mol. The maximum atomic E-state index is 14.3. The summed E-state index contributed by atoms with van der Waals surface area (Å²) in [6, 6.07) is 8.41. The minimum absolute atomic E-state index is 0.0349. The zero-order chi connectivity index (χ0) is 19.8. The lowest BCUT2D eigenvalue weighted by Crippen LogP contribution is -2.25. The number of imidazole rings is 1. The third-order valence-corrected chi connectivity index (χ3v) is 4.75. The maximum absolute atomic E-state index is 14.3. The van der Waals surface area contributed by atoms with E-state index in [1.807, 2.05) is 0 Å². The number of nitrogens with one attached hydrogen (secondary N) is 1. The summed E-state index contributed by atoms with van der Waals surface area (Å²) in [4.78, 5) is 16.8. The minimum atomic E-state index is -0.628. The van der Waals surface area contributed by atoms with Crippen molar-refractivity contribution in [1.29, 1.82) is 0 Å². The number of aromatic nitrogens is 2. The lowest BCUT2D eigenvalue weighted by atomic mass is 9.89. The van der Waals surface area contributed by atoms with Crippen LogP contribution in [0, 0.1) is 11.6 Å². The van der Waals surface area contributed by atoms with Crippen molar-refractivity contribution in [3.05, 3.63) is 65.6 Å². The van der Waals surface area contributed by atoms with E-state index < -0.39 is 17.6 Å². The Hall–Kier alpha value is -3.42. The fourth-order valence-electron chi connectivity index (χ4n) is 3.43. The van der Waals surface area contributed by atoms with Gasteiger partial charge in [-0.15, -0.1) is 0 Å². The Balaban J connectivity index is 1.87. The number of halogens is 2. The van der Waals surface area contributed by atoms with E-state index in [1.54, 1.807) is 25.3 Å². The van der Waals surface area contributed by atoms with Crippen LogP contribution in [-0.4, -0.2) is 29.7 Å². The Bertz CT molecular complexity index is 1060. The normalized spacial score (nSPS) is 15.7. The molecule has 0 saturated heterocycles. The van der Waals surface area contributed by atoms with E-state index in [0.29, 0.717) is 23.0 Å². The van der Waals surface area contributed by atoms with Crippen molar-refractivity contribution < 1.29 is 23.0 Å². The van der Waals surface area contributed by atoms with Crippen molar-refractivity contribution in [3.63, 3.8) is 0 Å². The maximum Gasteiger partial charge on any atom is 0.226 e. The second-order valence-corrected chi connectivity index (χ2v) is 6.36. The summed E-state index contributed by atoms with van der Waals surface area (Å²) in [7, 11) is 3.09. The number of carbonyl (C=O) groups excluding carboxylic acids is 1. The molecule has 1 aliphatic heterocycles. The van der Waals surface area contributed by atoms with Crippen molar-refractivity contribution in [3.8, 4) is 17.2 Å². The molecular weight excluding hydrogens is 368 g/mol. The van der Waals surface area contributed by atoms with Crippen LogP contribution in [0.25, 0.3) is 5.69 Å².